The molecule has 1 aromatic heterocycles. The van der Waals surface area contributed by atoms with E-state index in [1.54, 1.807) is 6.20 Å². The molecule has 0 saturated heterocycles. The van der Waals surface area contributed by atoms with Crippen molar-refractivity contribution in [2.75, 3.05) is 45.7 Å². The number of hydrogen-bond donors (Lipinski definition) is 0. The summed E-state index contributed by atoms with van der Waals surface area (Å²) < 4.78 is 4.68. The molecule has 0 bridgehead atoms. The normalized spacial score (nSPS) is 10.7. The molecule has 0 amide bonds. The average molecular weight is 271 g/mol. The molecule has 5 nitrogen and oxygen atoms in total. The highest BCUT2D eigenvalue weighted by Crippen LogP contribution is 2.23. The summed E-state index contributed by atoms with van der Waals surface area (Å²) in [5, 5.41) is 0.886. The number of carbonyl (C=O) groups excluding carboxylic acids is 1. The summed E-state index contributed by atoms with van der Waals surface area (Å²) >= 11 is 1.38. The molecule has 0 saturated carbocycles. The Morgan fingerprint density at radius 1 is 1.44 bits per heavy atom. The lowest BCUT2D eigenvalue weighted by atomic mass is 10.4. The number of esters is 1. The Hall–Kier alpha value is -1.14. The van der Waals surface area contributed by atoms with E-state index in [-0.39, 0.29) is 5.97 Å². The topological polar surface area (TPSA) is 45.7 Å². The van der Waals surface area contributed by atoms with E-state index in [0.717, 1.165) is 31.2 Å². The highest BCUT2D eigenvalue weighted by molar-refractivity contribution is 7.17. The Bertz CT molecular complexity index is 379. The number of methoxy groups -OCH3 is 1. The third-order valence-electron chi connectivity index (χ3n) is 2.57. The second-order valence-corrected chi connectivity index (χ2v) is 5.24. The highest BCUT2D eigenvalue weighted by atomic mass is 32.1. The van der Waals surface area contributed by atoms with Crippen LogP contribution in [0.15, 0.2) is 6.20 Å². The van der Waals surface area contributed by atoms with E-state index >= 15 is 0 Å². The van der Waals surface area contributed by atoms with Gasteiger partial charge in [-0.05, 0) is 34.0 Å². The predicted octanol–water partition coefficient (Wildman–Crippen LogP) is 1.71. The fraction of sp³-hybridized carbons (Fsp3) is 0.667. The van der Waals surface area contributed by atoms with Crippen LogP contribution in [0, 0.1) is 0 Å². The maximum absolute atomic E-state index is 11.4. The third-order valence-corrected chi connectivity index (χ3v) is 3.60. The van der Waals surface area contributed by atoms with Crippen molar-refractivity contribution in [2.45, 2.75) is 13.3 Å². The summed E-state index contributed by atoms with van der Waals surface area (Å²) in [6, 6.07) is 0. The van der Waals surface area contributed by atoms with Crippen molar-refractivity contribution in [3.05, 3.63) is 11.1 Å². The molecule has 0 unspecified atom stereocenters. The molecule has 1 aromatic rings. The molecular weight excluding hydrogens is 250 g/mol. The average Bonchev–Trinajstić information content (AvgIpc) is 2.82. The Kier molecular flexibility index (Phi) is 6.07. The summed E-state index contributed by atoms with van der Waals surface area (Å²) in [6.45, 7) is 4.98. The van der Waals surface area contributed by atoms with Crippen LogP contribution in [0.5, 0.6) is 0 Å². The Morgan fingerprint density at radius 3 is 2.72 bits per heavy atom. The van der Waals surface area contributed by atoms with Crippen molar-refractivity contribution >= 4 is 22.4 Å². The summed E-state index contributed by atoms with van der Waals surface area (Å²) in [6.07, 6.45) is 2.66. The van der Waals surface area contributed by atoms with Gasteiger partial charge in [0.1, 0.15) is 4.88 Å². The zero-order valence-corrected chi connectivity index (χ0v) is 12.3. The lowest BCUT2D eigenvalue weighted by Crippen LogP contribution is -2.26. The van der Waals surface area contributed by atoms with Crippen molar-refractivity contribution in [1.82, 2.24) is 9.88 Å². The first kappa shape index (κ1) is 14.9. The van der Waals surface area contributed by atoms with Crippen LogP contribution in [0.3, 0.4) is 0 Å². The fourth-order valence-electron chi connectivity index (χ4n) is 1.57. The van der Waals surface area contributed by atoms with E-state index in [4.69, 9.17) is 0 Å². The molecule has 1 rings (SSSR count). The first-order valence-corrected chi connectivity index (χ1v) is 6.84. The number of ether oxygens (including phenoxy) is 1. The minimum absolute atomic E-state index is 0.317. The molecule has 102 valence electrons. The van der Waals surface area contributed by atoms with Gasteiger partial charge < -0.3 is 14.5 Å². The molecule has 1 heterocycles. The lowest BCUT2D eigenvalue weighted by Gasteiger charge is -2.20. The molecule has 0 spiro atoms. The van der Waals surface area contributed by atoms with Crippen molar-refractivity contribution in [1.29, 1.82) is 0 Å². The highest BCUT2D eigenvalue weighted by Gasteiger charge is 2.14. The van der Waals surface area contributed by atoms with Gasteiger partial charge in [-0.1, -0.05) is 11.3 Å². The predicted molar refractivity (Wildman–Crippen MR) is 74.5 cm³/mol. The number of nitrogens with zero attached hydrogens (tertiary/aromatic N) is 3. The van der Waals surface area contributed by atoms with Gasteiger partial charge in [0, 0.05) is 13.1 Å². The molecule has 0 atom stereocenters. The molecular formula is C12H21N3O2S. The number of hydrogen-bond acceptors (Lipinski definition) is 6. The summed E-state index contributed by atoms with van der Waals surface area (Å²) in [5.41, 5.74) is 0. The molecule has 0 aliphatic rings. The minimum Gasteiger partial charge on any atom is -0.465 e. The zero-order valence-electron chi connectivity index (χ0n) is 11.5. The van der Waals surface area contributed by atoms with Gasteiger partial charge in [-0.15, -0.1) is 0 Å². The van der Waals surface area contributed by atoms with Crippen LogP contribution in [0.1, 0.15) is 23.0 Å². The molecule has 0 aromatic carbocycles. The van der Waals surface area contributed by atoms with Gasteiger partial charge in [-0.25, -0.2) is 9.78 Å². The maximum atomic E-state index is 11.4. The Morgan fingerprint density at radius 2 is 2.17 bits per heavy atom. The van der Waals surface area contributed by atoms with Crippen molar-refractivity contribution in [3.63, 3.8) is 0 Å². The molecule has 18 heavy (non-hydrogen) atoms. The maximum Gasteiger partial charge on any atom is 0.349 e. The molecule has 0 radical (unpaired) electrons. The second kappa shape index (κ2) is 7.33. The van der Waals surface area contributed by atoms with E-state index in [1.165, 1.54) is 18.4 Å². The molecule has 6 heteroatoms. The number of aromatic nitrogens is 1. The molecule has 0 aliphatic heterocycles. The van der Waals surface area contributed by atoms with Crippen LogP contribution < -0.4 is 4.90 Å². The number of thiazole rings is 1. The minimum atomic E-state index is -0.317. The van der Waals surface area contributed by atoms with Gasteiger partial charge in [-0.2, -0.15) is 0 Å². The molecule has 0 N–H and O–H groups in total. The Labute approximate surface area is 112 Å². The van der Waals surface area contributed by atoms with E-state index in [1.807, 2.05) is 0 Å². The summed E-state index contributed by atoms with van der Waals surface area (Å²) in [7, 11) is 5.51. The number of anilines is 1. The van der Waals surface area contributed by atoms with Crippen LogP contribution in [0.2, 0.25) is 0 Å². The van der Waals surface area contributed by atoms with Crippen LogP contribution in [-0.2, 0) is 4.74 Å². The molecule has 0 fully saturated rings. The lowest BCUT2D eigenvalue weighted by molar-refractivity contribution is 0.0606. The standard InChI is InChI=1S/C12H21N3O2S/c1-5-15(8-6-7-14(2)3)12-13-9-10(18-12)11(16)17-4/h9H,5-8H2,1-4H3. The van der Waals surface area contributed by atoms with Gasteiger partial charge in [-0.3, -0.25) is 0 Å². The van der Waals surface area contributed by atoms with Crippen molar-refractivity contribution in [3.8, 4) is 0 Å². The Balaban J connectivity index is 2.59. The van der Waals surface area contributed by atoms with Gasteiger partial charge in [0.2, 0.25) is 0 Å². The smallest absolute Gasteiger partial charge is 0.349 e. The van der Waals surface area contributed by atoms with E-state index in [0.29, 0.717) is 4.88 Å². The number of carbonyl (C=O) groups is 1. The van der Waals surface area contributed by atoms with Crippen LogP contribution in [0.25, 0.3) is 0 Å². The zero-order chi connectivity index (χ0) is 13.5. The van der Waals surface area contributed by atoms with E-state index in [2.05, 4.69) is 40.5 Å². The van der Waals surface area contributed by atoms with Crippen molar-refractivity contribution in [2.24, 2.45) is 0 Å². The van der Waals surface area contributed by atoms with Gasteiger partial charge in [0.05, 0.1) is 13.3 Å². The first-order valence-electron chi connectivity index (χ1n) is 6.02. The van der Waals surface area contributed by atoms with Crippen LogP contribution >= 0.6 is 11.3 Å². The van der Waals surface area contributed by atoms with Gasteiger partial charge in [0.25, 0.3) is 0 Å². The quantitative estimate of drug-likeness (QED) is 0.706. The third kappa shape index (κ3) is 4.27. The number of rotatable bonds is 7. The summed E-state index contributed by atoms with van der Waals surface area (Å²) in [5.74, 6) is -0.317. The van der Waals surface area contributed by atoms with Crippen LogP contribution in [-0.4, -0.2) is 56.7 Å². The van der Waals surface area contributed by atoms with Gasteiger partial charge in [0.15, 0.2) is 5.13 Å². The monoisotopic (exact) mass is 271 g/mol. The second-order valence-electron chi connectivity index (χ2n) is 4.24. The van der Waals surface area contributed by atoms with Crippen LogP contribution in [0.4, 0.5) is 5.13 Å². The van der Waals surface area contributed by atoms with E-state index in [9.17, 15) is 4.79 Å². The summed E-state index contributed by atoms with van der Waals surface area (Å²) in [4.78, 5) is 20.5. The molecule has 0 aliphatic carbocycles. The van der Waals surface area contributed by atoms with E-state index < -0.39 is 0 Å². The fourth-order valence-corrected chi connectivity index (χ4v) is 2.50. The van der Waals surface area contributed by atoms with Crippen molar-refractivity contribution < 1.29 is 9.53 Å². The largest absolute Gasteiger partial charge is 0.465 e. The van der Waals surface area contributed by atoms with Gasteiger partial charge >= 0.3 is 5.97 Å². The first-order chi connectivity index (χ1) is 8.58. The SMILES string of the molecule is CCN(CCCN(C)C)c1ncc(C(=O)OC)s1.